The van der Waals surface area contributed by atoms with E-state index in [1.165, 1.54) is 36.8 Å². The fourth-order valence-electron chi connectivity index (χ4n) is 5.52. The smallest absolute Gasteiger partial charge is 0.270 e. The molecule has 4 heteroatoms. The number of amides is 1. The lowest BCUT2D eigenvalue weighted by atomic mass is 9.89. The molecule has 2 aromatic carbocycles. The van der Waals surface area contributed by atoms with Crippen LogP contribution in [0, 0.1) is 0 Å². The minimum Gasteiger partial charge on any atom is -0.351 e. The summed E-state index contributed by atoms with van der Waals surface area (Å²) in [7, 11) is 0. The number of para-hydroxylation sites is 1. The van der Waals surface area contributed by atoms with Gasteiger partial charge in [0.15, 0.2) is 0 Å². The van der Waals surface area contributed by atoms with Crippen LogP contribution in [0.15, 0.2) is 54.6 Å². The molecule has 2 unspecified atom stereocenters. The molecule has 156 valence electrons. The molecule has 3 aromatic rings. The molecule has 1 saturated carbocycles. The Morgan fingerprint density at radius 1 is 1.10 bits per heavy atom. The lowest BCUT2D eigenvalue weighted by molar-refractivity contribution is 0.0620. The number of aromatic nitrogens is 1. The Morgan fingerprint density at radius 3 is 2.80 bits per heavy atom. The third kappa shape index (κ3) is 3.65. The van der Waals surface area contributed by atoms with Crippen molar-refractivity contribution in [3.05, 3.63) is 71.4 Å². The van der Waals surface area contributed by atoms with Gasteiger partial charge < -0.3 is 15.2 Å². The number of hydrogen-bond acceptors (Lipinski definition) is 2. The van der Waals surface area contributed by atoms with Gasteiger partial charge >= 0.3 is 0 Å². The predicted octanol–water partition coefficient (Wildman–Crippen LogP) is 5.22. The molecule has 1 heterocycles. The number of nitrogens with zero attached hydrogens (tertiary/aromatic N) is 1. The van der Waals surface area contributed by atoms with E-state index in [2.05, 4.69) is 52.5 Å². The molecule has 0 radical (unpaired) electrons. The predicted molar refractivity (Wildman–Crippen MR) is 122 cm³/mol. The van der Waals surface area contributed by atoms with E-state index >= 15 is 0 Å². The molecule has 2 N–H and O–H groups in total. The second-order valence-electron chi connectivity index (χ2n) is 8.84. The van der Waals surface area contributed by atoms with Crippen molar-refractivity contribution in [2.75, 3.05) is 6.54 Å². The van der Waals surface area contributed by atoms with E-state index in [1.54, 1.807) is 0 Å². The Kier molecular flexibility index (Phi) is 5.34. The molecule has 1 amide bonds. The molecule has 1 aromatic heterocycles. The van der Waals surface area contributed by atoms with Gasteiger partial charge in [0.05, 0.1) is 0 Å². The average Bonchev–Trinajstić information content (AvgIpc) is 3.39. The highest BCUT2D eigenvalue weighted by atomic mass is 16.2. The van der Waals surface area contributed by atoms with Gasteiger partial charge in [0, 0.05) is 35.6 Å². The van der Waals surface area contributed by atoms with Crippen molar-refractivity contribution in [1.82, 2.24) is 15.2 Å². The Labute approximate surface area is 178 Å². The van der Waals surface area contributed by atoms with Crippen LogP contribution in [0.5, 0.6) is 0 Å². The lowest BCUT2D eigenvalue weighted by Crippen LogP contribution is -2.47. The molecular formula is C26H31N3O. The van der Waals surface area contributed by atoms with Crippen molar-refractivity contribution < 1.29 is 4.79 Å². The van der Waals surface area contributed by atoms with Crippen LogP contribution in [0.2, 0.25) is 0 Å². The second-order valence-corrected chi connectivity index (χ2v) is 8.84. The van der Waals surface area contributed by atoms with Crippen LogP contribution in [0.1, 0.15) is 66.7 Å². The molecule has 1 fully saturated rings. The minimum atomic E-state index is 0.130. The van der Waals surface area contributed by atoms with E-state index < -0.39 is 0 Å². The average molecular weight is 402 g/mol. The van der Waals surface area contributed by atoms with Crippen molar-refractivity contribution in [2.45, 2.75) is 63.6 Å². The number of hydrogen-bond donors (Lipinski definition) is 2. The molecule has 0 aliphatic heterocycles. The first-order chi connectivity index (χ1) is 14.7. The zero-order valence-electron chi connectivity index (χ0n) is 17.7. The summed E-state index contributed by atoms with van der Waals surface area (Å²) in [5.41, 5.74) is 4.70. The fraction of sp³-hybridized carbons (Fsp3) is 0.423. The van der Waals surface area contributed by atoms with Crippen LogP contribution in [-0.4, -0.2) is 34.4 Å². The highest BCUT2D eigenvalue weighted by molar-refractivity contribution is 5.98. The van der Waals surface area contributed by atoms with E-state index in [1.807, 2.05) is 24.3 Å². The summed E-state index contributed by atoms with van der Waals surface area (Å²) in [6, 6.07) is 20.2. The van der Waals surface area contributed by atoms with Crippen LogP contribution in [0.4, 0.5) is 0 Å². The topological polar surface area (TPSA) is 48.1 Å². The monoisotopic (exact) mass is 401 g/mol. The number of carbonyl (C=O) groups excluding carboxylic acids is 1. The molecule has 0 bridgehead atoms. The number of rotatable bonds is 5. The Morgan fingerprint density at radius 2 is 1.93 bits per heavy atom. The number of fused-ring (bicyclic) bond motifs is 2. The molecule has 0 saturated heterocycles. The minimum absolute atomic E-state index is 0.130. The zero-order valence-corrected chi connectivity index (χ0v) is 17.7. The van der Waals surface area contributed by atoms with Gasteiger partial charge in [-0.05, 0) is 68.7 Å². The van der Waals surface area contributed by atoms with Crippen molar-refractivity contribution in [3.63, 3.8) is 0 Å². The van der Waals surface area contributed by atoms with Gasteiger partial charge in [0.1, 0.15) is 5.69 Å². The maximum atomic E-state index is 13.3. The second kappa shape index (κ2) is 8.27. The first-order valence-corrected chi connectivity index (χ1v) is 11.5. The highest BCUT2D eigenvalue weighted by Crippen LogP contribution is 2.33. The van der Waals surface area contributed by atoms with Crippen molar-refractivity contribution in [1.29, 1.82) is 0 Å². The molecule has 2 aliphatic carbocycles. The molecule has 30 heavy (non-hydrogen) atoms. The molecule has 2 aliphatic rings. The van der Waals surface area contributed by atoms with Gasteiger partial charge in [0.25, 0.3) is 5.91 Å². The lowest BCUT2D eigenvalue weighted by Gasteiger charge is -2.38. The van der Waals surface area contributed by atoms with E-state index in [9.17, 15) is 4.79 Å². The van der Waals surface area contributed by atoms with Gasteiger partial charge in [0.2, 0.25) is 0 Å². The number of benzene rings is 2. The molecule has 5 rings (SSSR count). The summed E-state index contributed by atoms with van der Waals surface area (Å²) in [4.78, 5) is 18.7. The van der Waals surface area contributed by atoms with Crippen LogP contribution in [0.25, 0.3) is 10.9 Å². The van der Waals surface area contributed by atoms with E-state index in [-0.39, 0.29) is 5.91 Å². The quantitative estimate of drug-likeness (QED) is 0.616. The first-order valence-electron chi connectivity index (χ1n) is 11.5. The Hall–Kier alpha value is -2.59. The first kappa shape index (κ1) is 19.4. The number of carbonyl (C=O) groups is 1. The number of aromatic amines is 1. The normalized spacial score (nSPS) is 23.4. The molecule has 3 atom stereocenters. The van der Waals surface area contributed by atoms with E-state index in [0.29, 0.717) is 23.8 Å². The SMILES string of the molecule is CCN(C(=O)c1cc2ccccc2[nH]1)[C@H]1CCCC(NC2CCc3ccccc32)C1. The van der Waals surface area contributed by atoms with Crippen molar-refractivity contribution in [3.8, 4) is 0 Å². The number of aryl methyl sites for hydroxylation is 1. The van der Waals surface area contributed by atoms with Gasteiger partial charge in [-0.15, -0.1) is 0 Å². The third-order valence-corrected chi connectivity index (χ3v) is 7.02. The molecular weight excluding hydrogens is 370 g/mol. The van der Waals surface area contributed by atoms with Crippen molar-refractivity contribution in [2.24, 2.45) is 0 Å². The summed E-state index contributed by atoms with van der Waals surface area (Å²) in [6.45, 7) is 2.85. The summed E-state index contributed by atoms with van der Waals surface area (Å²) in [5, 5.41) is 5.03. The van der Waals surface area contributed by atoms with Crippen LogP contribution < -0.4 is 5.32 Å². The largest absolute Gasteiger partial charge is 0.351 e. The van der Waals surface area contributed by atoms with E-state index in [4.69, 9.17) is 0 Å². The highest BCUT2D eigenvalue weighted by Gasteiger charge is 2.32. The van der Waals surface area contributed by atoms with Crippen LogP contribution in [-0.2, 0) is 6.42 Å². The van der Waals surface area contributed by atoms with Crippen LogP contribution >= 0.6 is 0 Å². The maximum Gasteiger partial charge on any atom is 0.270 e. The van der Waals surface area contributed by atoms with Gasteiger partial charge in [-0.3, -0.25) is 4.79 Å². The Balaban J connectivity index is 1.29. The fourth-order valence-corrected chi connectivity index (χ4v) is 5.52. The zero-order chi connectivity index (χ0) is 20.5. The number of H-pyrrole nitrogens is 1. The van der Waals surface area contributed by atoms with Crippen LogP contribution in [0.3, 0.4) is 0 Å². The van der Waals surface area contributed by atoms with Gasteiger partial charge in [-0.1, -0.05) is 42.5 Å². The summed E-state index contributed by atoms with van der Waals surface area (Å²) >= 11 is 0. The summed E-state index contributed by atoms with van der Waals surface area (Å²) in [6.07, 6.45) is 6.87. The maximum absolute atomic E-state index is 13.3. The molecule has 4 nitrogen and oxygen atoms in total. The summed E-state index contributed by atoms with van der Waals surface area (Å²) < 4.78 is 0. The van der Waals surface area contributed by atoms with E-state index in [0.717, 1.165) is 30.3 Å². The Bertz CT molecular complexity index is 1010. The third-order valence-electron chi connectivity index (χ3n) is 7.02. The summed E-state index contributed by atoms with van der Waals surface area (Å²) in [5.74, 6) is 0.130. The van der Waals surface area contributed by atoms with Gasteiger partial charge in [-0.2, -0.15) is 0 Å². The van der Waals surface area contributed by atoms with Gasteiger partial charge in [-0.25, -0.2) is 0 Å². The number of nitrogens with one attached hydrogen (secondary N) is 2. The molecule has 0 spiro atoms. The van der Waals surface area contributed by atoms with Crippen molar-refractivity contribution >= 4 is 16.8 Å². The standard InChI is InChI=1S/C26H31N3O/c1-2-29(26(30)25-16-19-9-4-6-13-23(19)28-25)21-11-7-10-20(17-21)27-24-15-14-18-8-3-5-12-22(18)24/h3-6,8-9,12-13,16,20-21,24,27-28H,2,7,10-11,14-15,17H2,1H3/t20?,21-,24?/m0/s1.